The molecule has 2 aromatic rings. The standard InChI is InChI=1S/C15H19N3S/c1-2-9-18(11-15(16)19)10-12-7-8-17-14-6-4-3-5-13(12)14/h3-8H,2,9-11H2,1H3,(H2,16,19). The highest BCUT2D eigenvalue weighted by molar-refractivity contribution is 7.80. The zero-order chi connectivity index (χ0) is 13.7. The van der Waals surface area contributed by atoms with Crippen molar-refractivity contribution in [1.29, 1.82) is 0 Å². The summed E-state index contributed by atoms with van der Waals surface area (Å²) in [5, 5.41) is 1.20. The Morgan fingerprint density at radius 2 is 2.11 bits per heavy atom. The van der Waals surface area contributed by atoms with Gasteiger partial charge in [0, 0.05) is 24.7 Å². The van der Waals surface area contributed by atoms with Crippen molar-refractivity contribution in [2.75, 3.05) is 13.1 Å². The summed E-state index contributed by atoms with van der Waals surface area (Å²) in [4.78, 5) is 7.22. The minimum Gasteiger partial charge on any atom is -0.392 e. The maximum atomic E-state index is 5.67. The number of thiocarbonyl (C=S) groups is 1. The summed E-state index contributed by atoms with van der Waals surface area (Å²) in [6.07, 6.45) is 2.95. The molecule has 0 amide bonds. The smallest absolute Gasteiger partial charge is 0.0870 e. The quantitative estimate of drug-likeness (QED) is 0.822. The molecule has 19 heavy (non-hydrogen) atoms. The molecule has 0 unspecified atom stereocenters. The molecule has 3 nitrogen and oxygen atoms in total. The van der Waals surface area contributed by atoms with E-state index in [0.29, 0.717) is 11.5 Å². The fourth-order valence-electron chi connectivity index (χ4n) is 2.28. The van der Waals surface area contributed by atoms with Gasteiger partial charge in [-0.05, 0) is 30.7 Å². The van der Waals surface area contributed by atoms with E-state index >= 15 is 0 Å². The Hall–Kier alpha value is -1.52. The van der Waals surface area contributed by atoms with E-state index in [9.17, 15) is 0 Å². The number of benzene rings is 1. The molecular formula is C15H19N3S. The van der Waals surface area contributed by atoms with E-state index in [0.717, 1.165) is 25.0 Å². The van der Waals surface area contributed by atoms with Crippen molar-refractivity contribution in [1.82, 2.24) is 9.88 Å². The van der Waals surface area contributed by atoms with Gasteiger partial charge < -0.3 is 5.73 Å². The molecule has 0 saturated heterocycles. The second-order valence-corrected chi connectivity index (χ2v) is 5.19. The van der Waals surface area contributed by atoms with Gasteiger partial charge in [-0.25, -0.2) is 0 Å². The van der Waals surface area contributed by atoms with E-state index in [2.05, 4.69) is 28.9 Å². The molecule has 1 aromatic heterocycles. The summed E-state index contributed by atoms with van der Waals surface area (Å²) in [6.45, 7) is 4.68. The monoisotopic (exact) mass is 273 g/mol. The third kappa shape index (κ3) is 3.72. The normalized spacial score (nSPS) is 11.1. The first-order chi connectivity index (χ1) is 9.20. The van der Waals surface area contributed by atoms with Crippen molar-refractivity contribution in [3.63, 3.8) is 0 Å². The van der Waals surface area contributed by atoms with Gasteiger partial charge in [0.25, 0.3) is 0 Å². The first kappa shape index (κ1) is 13.9. The van der Waals surface area contributed by atoms with Crippen LogP contribution in [0.2, 0.25) is 0 Å². The number of pyridine rings is 1. The van der Waals surface area contributed by atoms with E-state index in [-0.39, 0.29) is 0 Å². The van der Waals surface area contributed by atoms with Crippen molar-refractivity contribution >= 4 is 28.1 Å². The largest absolute Gasteiger partial charge is 0.392 e. The molecule has 0 aliphatic carbocycles. The topological polar surface area (TPSA) is 42.1 Å². The molecule has 2 rings (SSSR count). The third-order valence-corrected chi connectivity index (χ3v) is 3.18. The predicted octanol–water partition coefficient (Wildman–Crippen LogP) is 2.73. The molecule has 0 aliphatic heterocycles. The van der Waals surface area contributed by atoms with Gasteiger partial charge >= 0.3 is 0 Å². The summed E-state index contributed by atoms with van der Waals surface area (Å²) in [5.74, 6) is 0. The van der Waals surface area contributed by atoms with Gasteiger partial charge in [0.05, 0.1) is 10.5 Å². The van der Waals surface area contributed by atoms with Gasteiger partial charge in [-0.1, -0.05) is 37.3 Å². The molecule has 1 heterocycles. The van der Waals surface area contributed by atoms with Crippen LogP contribution >= 0.6 is 12.2 Å². The van der Waals surface area contributed by atoms with E-state index in [4.69, 9.17) is 18.0 Å². The Morgan fingerprint density at radius 3 is 2.84 bits per heavy atom. The molecule has 0 bridgehead atoms. The second kappa shape index (κ2) is 6.59. The van der Waals surface area contributed by atoms with Gasteiger partial charge in [-0.15, -0.1) is 0 Å². The lowest BCUT2D eigenvalue weighted by molar-refractivity contribution is 0.305. The fraction of sp³-hybridized carbons (Fsp3) is 0.333. The maximum Gasteiger partial charge on any atom is 0.0870 e. The zero-order valence-electron chi connectivity index (χ0n) is 11.2. The van der Waals surface area contributed by atoms with Crippen molar-refractivity contribution < 1.29 is 0 Å². The molecular weight excluding hydrogens is 254 g/mol. The van der Waals surface area contributed by atoms with Crippen LogP contribution in [-0.2, 0) is 6.54 Å². The number of hydrogen-bond donors (Lipinski definition) is 1. The molecule has 1 aromatic carbocycles. The van der Waals surface area contributed by atoms with Gasteiger partial charge in [0.2, 0.25) is 0 Å². The van der Waals surface area contributed by atoms with Crippen molar-refractivity contribution in [2.45, 2.75) is 19.9 Å². The van der Waals surface area contributed by atoms with Crippen LogP contribution < -0.4 is 5.73 Å². The number of aromatic nitrogens is 1. The van der Waals surface area contributed by atoms with Crippen LogP contribution in [0.25, 0.3) is 10.9 Å². The molecule has 0 aliphatic rings. The van der Waals surface area contributed by atoms with Crippen LogP contribution in [0.15, 0.2) is 36.5 Å². The van der Waals surface area contributed by atoms with E-state index in [1.807, 2.05) is 24.4 Å². The average Bonchev–Trinajstić information content (AvgIpc) is 2.39. The molecule has 4 heteroatoms. The summed E-state index contributed by atoms with van der Waals surface area (Å²) >= 11 is 5.02. The first-order valence-corrected chi connectivity index (χ1v) is 6.95. The SMILES string of the molecule is CCCN(CC(N)=S)Cc1ccnc2ccccc12. The summed E-state index contributed by atoms with van der Waals surface area (Å²) in [6, 6.07) is 10.3. The molecule has 0 fully saturated rings. The van der Waals surface area contributed by atoms with Crippen LogP contribution in [0.4, 0.5) is 0 Å². The highest BCUT2D eigenvalue weighted by Crippen LogP contribution is 2.17. The van der Waals surface area contributed by atoms with Crippen molar-refractivity contribution in [3.05, 3.63) is 42.1 Å². The van der Waals surface area contributed by atoms with Gasteiger partial charge in [0.1, 0.15) is 0 Å². The third-order valence-electron chi connectivity index (χ3n) is 3.05. The Bertz CT molecular complexity index is 563. The Kier molecular flexibility index (Phi) is 4.82. The molecule has 0 spiro atoms. The molecule has 0 atom stereocenters. The Balaban J connectivity index is 2.25. The lowest BCUT2D eigenvalue weighted by atomic mass is 10.1. The molecule has 2 N–H and O–H groups in total. The Morgan fingerprint density at radius 1 is 1.32 bits per heavy atom. The van der Waals surface area contributed by atoms with Crippen LogP contribution in [0.1, 0.15) is 18.9 Å². The van der Waals surface area contributed by atoms with Crippen LogP contribution in [0, 0.1) is 0 Å². The second-order valence-electron chi connectivity index (χ2n) is 4.66. The van der Waals surface area contributed by atoms with E-state index < -0.39 is 0 Å². The average molecular weight is 273 g/mol. The number of nitrogens with zero attached hydrogens (tertiary/aromatic N) is 2. The van der Waals surface area contributed by atoms with E-state index in [1.165, 1.54) is 10.9 Å². The Labute approximate surface area is 119 Å². The number of fused-ring (bicyclic) bond motifs is 1. The summed E-state index contributed by atoms with van der Waals surface area (Å²) in [7, 11) is 0. The highest BCUT2D eigenvalue weighted by Gasteiger charge is 2.09. The predicted molar refractivity (Wildman–Crippen MR) is 84.1 cm³/mol. The van der Waals surface area contributed by atoms with Crippen LogP contribution in [0.3, 0.4) is 0 Å². The molecule has 100 valence electrons. The first-order valence-electron chi connectivity index (χ1n) is 6.54. The summed E-state index contributed by atoms with van der Waals surface area (Å²) in [5.41, 5.74) is 7.97. The number of para-hydroxylation sites is 1. The minimum atomic E-state index is 0.548. The van der Waals surface area contributed by atoms with Crippen molar-refractivity contribution in [3.8, 4) is 0 Å². The summed E-state index contributed by atoms with van der Waals surface area (Å²) < 4.78 is 0. The lowest BCUT2D eigenvalue weighted by Gasteiger charge is -2.21. The zero-order valence-corrected chi connectivity index (χ0v) is 12.0. The number of hydrogen-bond acceptors (Lipinski definition) is 3. The van der Waals surface area contributed by atoms with Crippen LogP contribution in [0.5, 0.6) is 0 Å². The van der Waals surface area contributed by atoms with Gasteiger partial charge in [0.15, 0.2) is 0 Å². The maximum absolute atomic E-state index is 5.67. The highest BCUT2D eigenvalue weighted by atomic mass is 32.1. The fourth-order valence-corrected chi connectivity index (χ4v) is 2.47. The molecule has 0 radical (unpaired) electrons. The van der Waals surface area contributed by atoms with E-state index in [1.54, 1.807) is 0 Å². The van der Waals surface area contributed by atoms with Crippen LogP contribution in [-0.4, -0.2) is 28.0 Å². The van der Waals surface area contributed by atoms with Crippen molar-refractivity contribution in [2.24, 2.45) is 5.73 Å². The van der Waals surface area contributed by atoms with Gasteiger partial charge in [-0.2, -0.15) is 0 Å². The molecule has 0 saturated carbocycles. The van der Waals surface area contributed by atoms with Gasteiger partial charge in [-0.3, -0.25) is 9.88 Å². The number of nitrogens with two attached hydrogens (primary N) is 1. The number of rotatable bonds is 6. The lowest BCUT2D eigenvalue weighted by Crippen LogP contribution is -2.33. The minimum absolute atomic E-state index is 0.548.